The molecular formula is C21H21FN2O4S2. The van der Waals surface area contributed by atoms with Gasteiger partial charge in [0.2, 0.25) is 0 Å². The van der Waals surface area contributed by atoms with Gasteiger partial charge in [0.05, 0.1) is 13.7 Å². The molecule has 158 valence electrons. The van der Waals surface area contributed by atoms with Crippen LogP contribution in [0.1, 0.15) is 22.2 Å². The van der Waals surface area contributed by atoms with Crippen LogP contribution in [0, 0.1) is 5.82 Å². The molecule has 6 nitrogen and oxygen atoms in total. The Morgan fingerprint density at radius 3 is 2.50 bits per heavy atom. The number of sulfonamides is 1. The number of anilines is 1. The Morgan fingerprint density at radius 2 is 1.90 bits per heavy atom. The van der Waals surface area contributed by atoms with Gasteiger partial charge in [-0.25, -0.2) is 12.8 Å². The molecule has 0 unspecified atom stereocenters. The highest BCUT2D eigenvalue weighted by Gasteiger charge is 2.23. The third-order valence-corrected chi connectivity index (χ3v) is 6.66. The van der Waals surface area contributed by atoms with Gasteiger partial charge in [-0.2, -0.15) is 0 Å². The minimum Gasteiger partial charge on any atom is -0.497 e. The molecule has 0 aliphatic rings. The van der Waals surface area contributed by atoms with Gasteiger partial charge in [0.1, 0.15) is 16.5 Å². The van der Waals surface area contributed by atoms with Crippen LogP contribution in [0.25, 0.3) is 0 Å². The summed E-state index contributed by atoms with van der Waals surface area (Å²) in [7, 11) is -2.74. The summed E-state index contributed by atoms with van der Waals surface area (Å²) < 4.78 is 47.2. The summed E-state index contributed by atoms with van der Waals surface area (Å²) >= 11 is 1.52. The Kier molecular flexibility index (Phi) is 6.73. The highest BCUT2D eigenvalue weighted by Crippen LogP contribution is 2.23. The lowest BCUT2D eigenvalue weighted by Crippen LogP contribution is -2.30. The van der Waals surface area contributed by atoms with Crippen molar-refractivity contribution in [3.8, 4) is 5.75 Å². The van der Waals surface area contributed by atoms with Gasteiger partial charge in [0.15, 0.2) is 0 Å². The zero-order valence-corrected chi connectivity index (χ0v) is 18.1. The molecule has 1 aromatic heterocycles. The van der Waals surface area contributed by atoms with Crippen LogP contribution in [0.3, 0.4) is 0 Å². The van der Waals surface area contributed by atoms with E-state index in [2.05, 4.69) is 4.72 Å². The van der Waals surface area contributed by atoms with Crippen LogP contribution in [-0.4, -0.2) is 32.9 Å². The SMILES string of the molecule is CCN(Cc1cccs1)C(=O)c1ccc(F)c(S(=O)(=O)Nc2ccc(OC)cc2)c1. The number of amides is 1. The van der Waals surface area contributed by atoms with Crippen LogP contribution >= 0.6 is 11.3 Å². The average Bonchev–Trinajstić information content (AvgIpc) is 3.25. The van der Waals surface area contributed by atoms with Crippen molar-refractivity contribution in [3.63, 3.8) is 0 Å². The molecule has 0 bridgehead atoms. The molecule has 9 heteroatoms. The topological polar surface area (TPSA) is 75.7 Å². The van der Waals surface area contributed by atoms with E-state index in [9.17, 15) is 17.6 Å². The fraction of sp³-hybridized carbons (Fsp3) is 0.190. The van der Waals surface area contributed by atoms with Crippen LogP contribution in [0.4, 0.5) is 10.1 Å². The fourth-order valence-corrected chi connectivity index (χ4v) is 4.69. The number of methoxy groups -OCH3 is 1. The molecule has 0 atom stereocenters. The van der Waals surface area contributed by atoms with Crippen molar-refractivity contribution in [1.29, 1.82) is 0 Å². The van der Waals surface area contributed by atoms with Crippen molar-refractivity contribution in [3.05, 3.63) is 76.2 Å². The maximum Gasteiger partial charge on any atom is 0.264 e. The van der Waals surface area contributed by atoms with Gasteiger partial charge < -0.3 is 9.64 Å². The summed E-state index contributed by atoms with van der Waals surface area (Å²) in [6.07, 6.45) is 0. The number of carbonyl (C=O) groups is 1. The highest BCUT2D eigenvalue weighted by atomic mass is 32.2. The summed E-state index contributed by atoms with van der Waals surface area (Å²) in [5, 5.41) is 1.92. The summed E-state index contributed by atoms with van der Waals surface area (Å²) in [4.78, 5) is 14.9. The zero-order chi connectivity index (χ0) is 21.7. The average molecular weight is 449 g/mol. The first-order valence-corrected chi connectivity index (χ1v) is 11.5. The number of ether oxygens (including phenoxy) is 1. The Hall–Kier alpha value is -2.91. The van der Waals surface area contributed by atoms with E-state index in [1.54, 1.807) is 17.0 Å². The van der Waals surface area contributed by atoms with Crippen molar-refractivity contribution in [2.75, 3.05) is 18.4 Å². The standard InChI is InChI=1S/C21H21FN2O4S2/c1-3-24(14-18-5-4-12-29-18)21(25)15-6-11-19(22)20(13-15)30(26,27)23-16-7-9-17(28-2)10-8-16/h4-13,23H,3,14H2,1-2H3. The van der Waals surface area contributed by atoms with E-state index < -0.39 is 20.7 Å². The molecule has 1 amide bonds. The van der Waals surface area contributed by atoms with Crippen molar-refractivity contribution < 1.29 is 22.3 Å². The van der Waals surface area contributed by atoms with E-state index in [1.165, 1.54) is 36.6 Å². The number of benzene rings is 2. The second kappa shape index (κ2) is 9.27. The van der Waals surface area contributed by atoms with E-state index >= 15 is 0 Å². The van der Waals surface area contributed by atoms with Crippen LogP contribution in [0.2, 0.25) is 0 Å². The van der Waals surface area contributed by atoms with Gasteiger partial charge in [-0.15, -0.1) is 11.3 Å². The van der Waals surface area contributed by atoms with Crippen LogP contribution in [0.5, 0.6) is 5.75 Å². The Bertz CT molecular complexity index is 1110. The predicted octanol–water partition coefficient (Wildman–Crippen LogP) is 4.36. The van der Waals surface area contributed by atoms with Gasteiger partial charge >= 0.3 is 0 Å². The first kappa shape index (κ1) is 21.8. The lowest BCUT2D eigenvalue weighted by molar-refractivity contribution is 0.0754. The molecule has 30 heavy (non-hydrogen) atoms. The van der Waals surface area contributed by atoms with E-state index in [-0.39, 0.29) is 17.2 Å². The predicted molar refractivity (Wildman–Crippen MR) is 115 cm³/mol. The molecule has 0 fully saturated rings. The van der Waals surface area contributed by atoms with E-state index in [0.29, 0.717) is 18.8 Å². The zero-order valence-electron chi connectivity index (χ0n) is 16.5. The molecule has 1 N–H and O–H groups in total. The minimum atomic E-state index is -4.24. The number of carbonyl (C=O) groups excluding carboxylic acids is 1. The molecular weight excluding hydrogens is 427 g/mol. The molecule has 2 aromatic carbocycles. The third kappa shape index (κ3) is 4.98. The first-order valence-electron chi connectivity index (χ1n) is 9.12. The first-order chi connectivity index (χ1) is 14.3. The maximum atomic E-state index is 14.4. The summed E-state index contributed by atoms with van der Waals surface area (Å²) in [6, 6.07) is 13.3. The molecule has 0 spiro atoms. The molecule has 0 radical (unpaired) electrons. The van der Waals surface area contributed by atoms with Crippen LogP contribution < -0.4 is 9.46 Å². The molecule has 0 aliphatic carbocycles. The van der Waals surface area contributed by atoms with Gasteiger partial charge in [-0.3, -0.25) is 9.52 Å². The lowest BCUT2D eigenvalue weighted by Gasteiger charge is -2.20. The second-order valence-corrected chi connectivity index (χ2v) is 9.06. The summed E-state index contributed by atoms with van der Waals surface area (Å²) in [5.41, 5.74) is 0.352. The van der Waals surface area contributed by atoms with E-state index in [4.69, 9.17) is 4.74 Å². The van der Waals surface area contributed by atoms with Gasteiger partial charge in [-0.1, -0.05) is 6.07 Å². The molecule has 3 aromatic rings. The number of halogens is 1. The van der Waals surface area contributed by atoms with Crippen LogP contribution in [0.15, 0.2) is 64.9 Å². The summed E-state index contributed by atoms with van der Waals surface area (Å²) in [5.74, 6) is -0.747. The number of hydrogen-bond acceptors (Lipinski definition) is 5. The van der Waals surface area contributed by atoms with E-state index in [0.717, 1.165) is 17.0 Å². The van der Waals surface area contributed by atoms with Crippen molar-refractivity contribution >= 4 is 33.0 Å². The largest absolute Gasteiger partial charge is 0.497 e. The number of hydrogen-bond donors (Lipinski definition) is 1. The Morgan fingerprint density at radius 1 is 1.17 bits per heavy atom. The number of nitrogens with zero attached hydrogens (tertiary/aromatic N) is 1. The third-order valence-electron chi connectivity index (χ3n) is 4.41. The number of nitrogens with one attached hydrogen (secondary N) is 1. The molecule has 0 saturated heterocycles. The smallest absolute Gasteiger partial charge is 0.264 e. The fourth-order valence-electron chi connectivity index (χ4n) is 2.81. The van der Waals surface area contributed by atoms with Crippen molar-refractivity contribution in [2.24, 2.45) is 0 Å². The van der Waals surface area contributed by atoms with Crippen molar-refractivity contribution in [1.82, 2.24) is 4.90 Å². The quantitative estimate of drug-likeness (QED) is 0.556. The maximum absolute atomic E-state index is 14.4. The number of thiophene rings is 1. The van der Waals surface area contributed by atoms with Gasteiger partial charge in [0.25, 0.3) is 15.9 Å². The van der Waals surface area contributed by atoms with Crippen molar-refractivity contribution in [2.45, 2.75) is 18.4 Å². The monoisotopic (exact) mass is 448 g/mol. The van der Waals surface area contributed by atoms with Gasteiger partial charge in [0, 0.05) is 22.7 Å². The molecule has 3 rings (SSSR count). The minimum absolute atomic E-state index is 0.102. The molecule has 1 heterocycles. The summed E-state index contributed by atoms with van der Waals surface area (Å²) in [6.45, 7) is 2.66. The number of rotatable bonds is 8. The normalized spacial score (nSPS) is 11.2. The van der Waals surface area contributed by atoms with Crippen LogP contribution in [-0.2, 0) is 16.6 Å². The Labute approximate surface area is 179 Å². The second-order valence-electron chi connectivity index (χ2n) is 6.38. The molecule has 0 aliphatic heterocycles. The highest BCUT2D eigenvalue weighted by molar-refractivity contribution is 7.92. The van der Waals surface area contributed by atoms with Gasteiger partial charge in [-0.05, 0) is 60.8 Å². The molecule has 0 saturated carbocycles. The Balaban J connectivity index is 1.86. The lowest BCUT2D eigenvalue weighted by atomic mass is 10.2. The van der Waals surface area contributed by atoms with E-state index in [1.807, 2.05) is 24.4 Å².